The Morgan fingerprint density at radius 1 is 1.21 bits per heavy atom. The van der Waals surface area contributed by atoms with Crippen LogP contribution in [-0.2, 0) is 16.0 Å². The summed E-state index contributed by atoms with van der Waals surface area (Å²) in [6.07, 6.45) is 3.74. The Kier molecular flexibility index (Phi) is 3.21. The minimum absolute atomic E-state index is 0.0410. The molecule has 2 aliphatic carbocycles. The van der Waals surface area contributed by atoms with Crippen molar-refractivity contribution in [1.29, 1.82) is 0 Å². The molecule has 5 heteroatoms. The Balaban J connectivity index is 1.65. The van der Waals surface area contributed by atoms with Gasteiger partial charge in [-0.05, 0) is 43.2 Å². The fraction of sp³-hybridized carbons (Fsp3) is 0.579. The number of hydrogen-bond donors (Lipinski definition) is 1. The van der Waals surface area contributed by atoms with E-state index in [4.69, 9.17) is 4.74 Å². The lowest BCUT2D eigenvalue weighted by molar-refractivity contribution is -0.138. The quantitative estimate of drug-likeness (QED) is 0.900. The molecule has 128 valence electrons. The van der Waals surface area contributed by atoms with E-state index in [0.717, 1.165) is 31.2 Å². The van der Waals surface area contributed by atoms with Crippen LogP contribution < -0.4 is 4.90 Å². The largest absolute Gasteiger partial charge is 0.480 e. The number of benzene rings is 1. The highest BCUT2D eigenvalue weighted by atomic mass is 16.6. The van der Waals surface area contributed by atoms with Gasteiger partial charge in [-0.2, -0.15) is 0 Å². The van der Waals surface area contributed by atoms with E-state index in [1.165, 1.54) is 4.90 Å². The molecule has 4 rings (SSSR count). The third-order valence-corrected chi connectivity index (χ3v) is 6.73. The summed E-state index contributed by atoms with van der Waals surface area (Å²) in [4.78, 5) is 26.0. The first-order valence-corrected chi connectivity index (χ1v) is 8.69. The predicted molar refractivity (Wildman–Crippen MR) is 89.0 cm³/mol. The lowest BCUT2D eigenvalue weighted by atomic mass is 9.78. The second-order valence-electron chi connectivity index (χ2n) is 7.92. The zero-order valence-corrected chi connectivity index (χ0v) is 14.1. The minimum Gasteiger partial charge on any atom is -0.480 e. The number of fused-ring (bicyclic) bond motifs is 3. The molecule has 2 bridgehead atoms. The van der Waals surface area contributed by atoms with Crippen molar-refractivity contribution in [3.05, 3.63) is 29.8 Å². The number of carboxylic acid groups (broad SMARTS) is 1. The van der Waals surface area contributed by atoms with Gasteiger partial charge in [0.25, 0.3) is 0 Å². The van der Waals surface area contributed by atoms with Gasteiger partial charge in [-0.1, -0.05) is 32.0 Å². The third kappa shape index (κ3) is 1.93. The number of carbonyl (C=O) groups excluding carboxylic acids is 1. The Bertz CT molecular complexity index is 703. The Morgan fingerprint density at radius 3 is 2.46 bits per heavy atom. The number of aliphatic carboxylic acids is 1. The van der Waals surface area contributed by atoms with E-state index in [1.807, 2.05) is 18.2 Å². The second-order valence-corrected chi connectivity index (χ2v) is 7.92. The zero-order valence-electron chi connectivity index (χ0n) is 14.1. The van der Waals surface area contributed by atoms with Gasteiger partial charge in [0.05, 0.1) is 5.69 Å². The van der Waals surface area contributed by atoms with Crippen LogP contribution in [0.2, 0.25) is 0 Å². The number of amides is 1. The van der Waals surface area contributed by atoms with Gasteiger partial charge in [-0.25, -0.2) is 9.59 Å². The van der Waals surface area contributed by atoms with Gasteiger partial charge in [-0.15, -0.1) is 0 Å². The number of ether oxygens (including phenoxy) is 1. The summed E-state index contributed by atoms with van der Waals surface area (Å²) in [7, 11) is 0. The molecule has 2 fully saturated rings. The van der Waals surface area contributed by atoms with Crippen molar-refractivity contribution < 1.29 is 19.4 Å². The molecule has 0 unspecified atom stereocenters. The maximum absolute atomic E-state index is 13.0. The first-order valence-electron chi connectivity index (χ1n) is 8.69. The Labute approximate surface area is 141 Å². The molecule has 1 heterocycles. The van der Waals surface area contributed by atoms with E-state index in [-0.39, 0.29) is 5.41 Å². The number of hydrogen-bond acceptors (Lipinski definition) is 3. The summed E-state index contributed by atoms with van der Waals surface area (Å²) < 4.78 is 6.05. The summed E-state index contributed by atoms with van der Waals surface area (Å²) >= 11 is 0. The number of nitrogens with zero attached hydrogens (tertiary/aromatic N) is 1. The van der Waals surface area contributed by atoms with Gasteiger partial charge in [0, 0.05) is 11.8 Å². The standard InChI is InChI=1S/C19H23NO4/c1-18(2)13-7-9-19(18,10-8-13)24-17(23)20-14-6-4-3-5-12(14)11-15(20)16(21)22/h3-6,13,15H,7-11H2,1-2H3,(H,21,22)/t13?,15-,19?/m1/s1. The summed E-state index contributed by atoms with van der Waals surface area (Å²) in [5.41, 5.74) is 1.06. The first-order chi connectivity index (χ1) is 11.4. The van der Waals surface area contributed by atoms with Crippen molar-refractivity contribution in [2.45, 2.75) is 57.6 Å². The summed E-state index contributed by atoms with van der Waals surface area (Å²) in [6, 6.07) is 6.49. The molecule has 0 radical (unpaired) electrons. The average Bonchev–Trinajstić information content (AvgIpc) is 3.12. The van der Waals surface area contributed by atoms with E-state index >= 15 is 0 Å². The van der Waals surface area contributed by atoms with Crippen molar-refractivity contribution in [2.24, 2.45) is 11.3 Å². The van der Waals surface area contributed by atoms with Crippen LogP contribution >= 0.6 is 0 Å². The van der Waals surface area contributed by atoms with Crippen molar-refractivity contribution in [2.75, 3.05) is 4.90 Å². The molecule has 3 aliphatic rings. The van der Waals surface area contributed by atoms with Crippen LogP contribution in [0.1, 0.15) is 45.1 Å². The van der Waals surface area contributed by atoms with Gasteiger partial charge in [0.2, 0.25) is 0 Å². The predicted octanol–water partition coefficient (Wildman–Crippen LogP) is 3.61. The maximum atomic E-state index is 13.0. The van der Waals surface area contributed by atoms with Crippen LogP contribution in [0.3, 0.4) is 0 Å². The SMILES string of the molecule is CC1(C)C2CCC1(OC(=O)N1c3ccccc3C[C@@H]1C(=O)O)CC2. The molecule has 5 nitrogen and oxygen atoms in total. The highest BCUT2D eigenvalue weighted by Crippen LogP contribution is 2.62. The lowest BCUT2D eigenvalue weighted by Gasteiger charge is -2.39. The molecule has 0 spiro atoms. The Morgan fingerprint density at radius 2 is 1.88 bits per heavy atom. The van der Waals surface area contributed by atoms with Crippen molar-refractivity contribution in [3.63, 3.8) is 0 Å². The van der Waals surface area contributed by atoms with E-state index in [9.17, 15) is 14.7 Å². The van der Waals surface area contributed by atoms with E-state index in [1.54, 1.807) is 6.07 Å². The molecule has 1 N–H and O–H groups in total. The monoisotopic (exact) mass is 329 g/mol. The highest BCUT2D eigenvalue weighted by molar-refractivity contribution is 5.98. The molecule has 0 saturated heterocycles. The first kappa shape index (κ1) is 15.5. The number of carboxylic acids is 1. The summed E-state index contributed by atoms with van der Waals surface area (Å²) in [5.74, 6) is -0.401. The minimum atomic E-state index is -0.990. The van der Waals surface area contributed by atoms with E-state index in [0.29, 0.717) is 18.0 Å². The molecular weight excluding hydrogens is 306 g/mol. The zero-order chi connectivity index (χ0) is 17.1. The fourth-order valence-electron chi connectivity index (χ4n) is 5.08. The van der Waals surface area contributed by atoms with E-state index in [2.05, 4.69) is 13.8 Å². The molecule has 0 aromatic heterocycles. The number of anilines is 1. The van der Waals surface area contributed by atoms with E-state index < -0.39 is 23.7 Å². The molecule has 2 saturated carbocycles. The van der Waals surface area contributed by atoms with Crippen LogP contribution in [0, 0.1) is 11.3 Å². The molecule has 1 aliphatic heterocycles. The molecule has 1 atom stereocenters. The molecule has 1 aromatic carbocycles. The normalized spacial score (nSPS) is 32.7. The fourth-order valence-corrected chi connectivity index (χ4v) is 5.08. The molecule has 24 heavy (non-hydrogen) atoms. The average molecular weight is 329 g/mol. The third-order valence-electron chi connectivity index (χ3n) is 6.73. The smallest absolute Gasteiger partial charge is 0.415 e. The highest BCUT2D eigenvalue weighted by Gasteiger charge is 2.62. The van der Waals surface area contributed by atoms with Gasteiger partial charge in [0.15, 0.2) is 0 Å². The number of rotatable bonds is 2. The van der Waals surface area contributed by atoms with Crippen LogP contribution in [0.25, 0.3) is 0 Å². The van der Waals surface area contributed by atoms with Gasteiger partial charge < -0.3 is 9.84 Å². The lowest BCUT2D eigenvalue weighted by Crippen LogP contribution is -2.49. The molecule has 1 aromatic rings. The van der Waals surface area contributed by atoms with Gasteiger partial charge in [-0.3, -0.25) is 4.90 Å². The Hall–Kier alpha value is -2.04. The van der Waals surface area contributed by atoms with Gasteiger partial charge in [0.1, 0.15) is 11.6 Å². The van der Waals surface area contributed by atoms with Crippen LogP contribution in [0.5, 0.6) is 0 Å². The summed E-state index contributed by atoms with van der Waals surface area (Å²) in [6.45, 7) is 4.36. The van der Waals surface area contributed by atoms with Crippen LogP contribution in [-0.4, -0.2) is 28.8 Å². The molecular formula is C19H23NO4. The number of para-hydroxylation sites is 1. The number of carbonyl (C=O) groups is 2. The molecule has 1 amide bonds. The van der Waals surface area contributed by atoms with Crippen molar-refractivity contribution >= 4 is 17.7 Å². The summed E-state index contributed by atoms with van der Waals surface area (Å²) in [5, 5.41) is 9.55. The van der Waals surface area contributed by atoms with Crippen LogP contribution in [0.15, 0.2) is 24.3 Å². The van der Waals surface area contributed by atoms with Crippen LogP contribution in [0.4, 0.5) is 10.5 Å². The maximum Gasteiger partial charge on any atom is 0.415 e. The topological polar surface area (TPSA) is 66.8 Å². The van der Waals surface area contributed by atoms with Crippen molar-refractivity contribution in [1.82, 2.24) is 0 Å². The second kappa shape index (κ2) is 4.98. The van der Waals surface area contributed by atoms with Gasteiger partial charge >= 0.3 is 12.1 Å². The van der Waals surface area contributed by atoms with Crippen molar-refractivity contribution in [3.8, 4) is 0 Å².